The average molecular weight is 768 g/mol. The number of likely N-dealkylation sites (tertiary alicyclic amines) is 1. The molecule has 5 unspecified atom stereocenters. The van der Waals surface area contributed by atoms with Gasteiger partial charge in [-0.1, -0.05) is 35.3 Å². The second-order valence-electron chi connectivity index (χ2n) is 15.5. The fourth-order valence-corrected chi connectivity index (χ4v) is 9.42. The van der Waals surface area contributed by atoms with Crippen LogP contribution in [0.3, 0.4) is 0 Å². The number of carbonyl (C=O) groups is 1. The zero-order valence-corrected chi connectivity index (χ0v) is 31.9. The van der Waals surface area contributed by atoms with E-state index in [-0.39, 0.29) is 59.1 Å². The van der Waals surface area contributed by atoms with Gasteiger partial charge in [0, 0.05) is 70.8 Å². The summed E-state index contributed by atoms with van der Waals surface area (Å²) >= 11 is 13.1. The molecule has 10 rings (SSSR count). The number of rotatable bonds is 10. The Morgan fingerprint density at radius 2 is 1.98 bits per heavy atom. The Balaban J connectivity index is 1.23. The van der Waals surface area contributed by atoms with Crippen molar-refractivity contribution in [3.8, 4) is 28.8 Å². The van der Waals surface area contributed by atoms with E-state index < -0.39 is 5.82 Å². The van der Waals surface area contributed by atoms with Crippen molar-refractivity contribution in [3.05, 3.63) is 81.5 Å². The summed E-state index contributed by atoms with van der Waals surface area (Å²) in [6.45, 7) is 7.16. The maximum absolute atomic E-state index is 17.2. The van der Waals surface area contributed by atoms with Gasteiger partial charge in [-0.3, -0.25) is 4.79 Å². The van der Waals surface area contributed by atoms with Gasteiger partial charge < -0.3 is 24.3 Å². The molecule has 0 spiro atoms. The van der Waals surface area contributed by atoms with E-state index in [9.17, 15) is 10.1 Å². The van der Waals surface area contributed by atoms with Crippen LogP contribution in [-0.4, -0.2) is 56.7 Å². The third kappa shape index (κ3) is 5.87. The number of nitrogens with zero attached hydrogens (tertiary/aromatic N) is 5. The first-order valence-corrected chi connectivity index (χ1v) is 19.7. The quantitative estimate of drug-likeness (QED) is 0.151. The van der Waals surface area contributed by atoms with E-state index in [2.05, 4.69) is 27.0 Å². The number of pyridine rings is 2. The normalized spacial score (nSPS) is 23.3. The number of nitrogens with one attached hydrogen (secondary N) is 1. The van der Waals surface area contributed by atoms with Crippen LogP contribution in [0.4, 0.5) is 4.39 Å². The predicted molar refractivity (Wildman–Crippen MR) is 206 cm³/mol. The molecule has 3 aliphatic heterocycles. The summed E-state index contributed by atoms with van der Waals surface area (Å²) in [4.78, 5) is 25.5. The van der Waals surface area contributed by atoms with Gasteiger partial charge in [-0.25, -0.2) is 14.4 Å². The summed E-state index contributed by atoms with van der Waals surface area (Å²) in [5, 5.41) is 15.5. The summed E-state index contributed by atoms with van der Waals surface area (Å²) in [7, 11) is 0. The van der Waals surface area contributed by atoms with Crippen LogP contribution in [-0.2, 0) is 11.2 Å². The number of hydrogen-bond donors (Lipinski definition) is 1. The molecule has 5 aliphatic rings. The van der Waals surface area contributed by atoms with Gasteiger partial charge in [-0.05, 0) is 88.3 Å². The van der Waals surface area contributed by atoms with Crippen molar-refractivity contribution in [2.24, 2.45) is 11.8 Å². The zero-order chi connectivity index (χ0) is 37.4. The van der Waals surface area contributed by atoms with E-state index in [1.165, 1.54) is 0 Å². The third-order valence-electron chi connectivity index (χ3n) is 11.6. The second-order valence-corrected chi connectivity index (χ2v) is 16.3. The molecule has 2 aromatic carbocycles. The Labute approximate surface area is 323 Å². The molecule has 278 valence electrons. The van der Waals surface area contributed by atoms with E-state index in [1.54, 1.807) is 24.4 Å². The minimum Gasteiger partial charge on any atom is -0.483 e. The van der Waals surface area contributed by atoms with Crippen LogP contribution in [0.5, 0.6) is 11.6 Å². The Morgan fingerprint density at radius 3 is 2.70 bits per heavy atom. The standard InChI is InChI=1S/C42H41Cl2FN6O3/c1-21(2)53-41-34(10-6-14-47-41)54-26-17-32(50(20-26)42(52)23-11-12-23)33-18-28-22(3)49-38-29(40(28)51(33)39-25-16-31(39)48-19-25)15-24(7-5-13-46)35(37(38)45)27-8-4-9-30(43)36(27)44/h4,6,8-10,14-15,18,21,23,25-26,31-32,39,48H,5,7,11-12,16-17,19-20H2,1-3H3. The highest BCUT2D eigenvalue weighted by Gasteiger charge is 2.51. The number of fused-ring (bicyclic) bond motifs is 4. The van der Waals surface area contributed by atoms with Crippen molar-refractivity contribution in [1.29, 1.82) is 5.26 Å². The van der Waals surface area contributed by atoms with E-state index in [1.807, 2.05) is 43.9 Å². The van der Waals surface area contributed by atoms with Crippen LogP contribution in [0.1, 0.15) is 75.0 Å². The highest BCUT2D eigenvalue weighted by atomic mass is 35.5. The fraction of sp³-hybridized carbons (Fsp3) is 0.429. The average Bonchev–Trinajstić information content (AvgIpc) is 3.43. The highest BCUT2D eigenvalue weighted by molar-refractivity contribution is 6.43. The molecule has 1 amide bonds. The van der Waals surface area contributed by atoms with Crippen molar-refractivity contribution in [3.63, 3.8) is 0 Å². The number of aromatic nitrogens is 3. The summed E-state index contributed by atoms with van der Waals surface area (Å²) in [5.41, 5.74) is 4.29. The van der Waals surface area contributed by atoms with E-state index in [4.69, 9.17) is 37.7 Å². The zero-order valence-electron chi connectivity index (χ0n) is 30.4. The number of hydrogen-bond acceptors (Lipinski definition) is 7. The highest BCUT2D eigenvalue weighted by Crippen LogP contribution is 2.51. The van der Waals surface area contributed by atoms with E-state index in [0.717, 1.165) is 42.4 Å². The lowest BCUT2D eigenvalue weighted by molar-refractivity contribution is -0.133. The maximum atomic E-state index is 17.2. The maximum Gasteiger partial charge on any atom is 0.257 e. The topological polar surface area (TPSA) is 105 Å². The van der Waals surface area contributed by atoms with Crippen LogP contribution in [0, 0.1) is 35.9 Å². The summed E-state index contributed by atoms with van der Waals surface area (Å²) < 4.78 is 32.3. The summed E-state index contributed by atoms with van der Waals surface area (Å²) in [6.07, 6.45) is 5.24. The number of nitriles is 1. The molecule has 2 saturated carbocycles. The first-order chi connectivity index (χ1) is 26.1. The minimum atomic E-state index is -0.491. The summed E-state index contributed by atoms with van der Waals surface area (Å²) in [6, 6.07) is 15.4. The van der Waals surface area contributed by atoms with Crippen LogP contribution in [0.2, 0.25) is 10.0 Å². The third-order valence-corrected chi connectivity index (χ3v) is 12.4. The van der Waals surface area contributed by atoms with Gasteiger partial charge in [-0.2, -0.15) is 5.26 Å². The second kappa shape index (κ2) is 13.7. The van der Waals surface area contributed by atoms with Gasteiger partial charge >= 0.3 is 0 Å². The van der Waals surface area contributed by atoms with Crippen molar-refractivity contribution in [2.75, 3.05) is 13.1 Å². The number of ether oxygens (including phenoxy) is 2. The Bertz CT molecular complexity index is 2360. The lowest BCUT2D eigenvalue weighted by atomic mass is 9.79. The number of benzene rings is 2. The molecule has 9 nitrogen and oxygen atoms in total. The van der Waals surface area contributed by atoms with Crippen LogP contribution < -0.4 is 14.8 Å². The molecule has 2 bridgehead atoms. The van der Waals surface area contributed by atoms with Crippen molar-refractivity contribution < 1.29 is 18.7 Å². The molecule has 3 aromatic heterocycles. The molecule has 0 radical (unpaired) electrons. The molecule has 54 heavy (non-hydrogen) atoms. The van der Waals surface area contributed by atoms with Gasteiger partial charge in [0.15, 0.2) is 11.6 Å². The van der Waals surface area contributed by atoms with E-state index >= 15 is 4.39 Å². The monoisotopic (exact) mass is 766 g/mol. The van der Waals surface area contributed by atoms with Crippen molar-refractivity contribution in [1.82, 2.24) is 24.8 Å². The first-order valence-electron chi connectivity index (χ1n) is 18.9. The molecular weight excluding hydrogens is 726 g/mol. The molecule has 5 aromatic rings. The first kappa shape index (κ1) is 35.3. The minimum absolute atomic E-state index is 0.0154. The van der Waals surface area contributed by atoms with Crippen molar-refractivity contribution in [2.45, 2.75) is 89.6 Å². The molecule has 3 saturated heterocycles. The summed E-state index contributed by atoms with van der Waals surface area (Å²) in [5.74, 6) is 1.06. The van der Waals surface area contributed by atoms with E-state index in [0.29, 0.717) is 69.7 Å². The smallest absolute Gasteiger partial charge is 0.257 e. The predicted octanol–water partition coefficient (Wildman–Crippen LogP) is 8.91. The largest absolute Gasteiger partial charge is 0.483 e. The lowest BCUT2D eigenvalue weighted by Crippen LogP contribution is -2.41. The van der Waals surface area contributed by atoms with Gasteiger partial charge in [0.05, 0.1) is 46.4 Å². The van der Waals surface area contributed by atoms with Gasteiger partial charge in [0.2, 0.25) is 5.91 Å². The molecule has 12 heteroatoms. The molecule has 1 N–H and O–H groups in total. The Hall–Kier alpha value is -4.43. The van der Waals surface area contributed by atoms with Gasteiger partial charge in [0.1, 0.15) is 11.6 Å². The number of aryl methyl sites for hydroxylation is 2. The molecule has 5 atom stereocenters. The Morgan fingerprint density at radius 1 is 1.15 bits per heavy atom. The molecular formula is C42H41Cl2FN6O3. The molecule has 5 fully saturated rings. The number of halogens is 3. The number of carbonyl (C=O) groups excluding carboxylic acids is 1. The lowest BCUT2D eigenvalue weighted by Gasteiger charge is -2.39. The van der Waals surface area contributed by atoms with Crippen LogP contribution in [0.15, 0.2) is 48.7 Å². The SMILES string of the molecule is Cc1nc2c(F)c(-c3cccc(Cl)c3Cl)c(CCC#N)cc2c2c1cc(C1CC(Oc3cccnc3OC(C)C)CN1C(=O)C1CC1)n2C1C2CNC1C2. The molecule has 6 heterocycles. The number of amides is 1. The van der Waals surface area contributed by atoms with Crippen molar-refractivity contribution >= 4 is 50.9 Å². The van der Waals surface area contributed by atoms with Gasteiger partial charge in [-0.15, -0.1) is 0 Å². The Kier molecular flexibility index (Phi) is 8.95. The van der Waals surface area contributed by atoms with Crippen LogP contribution in [0.25, 0.3) is 32.9 Å². The van der Waals surface area contributed by atoms with Crippen LogP contribution >= 0.6 is 23.2 Å². The molecule has 2 aliphatic carbocycles. The van der Waals surface area contributed by atoms with Gasteiger partial charge in [0.25, 0.3) is 5.88 Å². The fourth-order valence-electron chi connectivity index (χ4n) is 9.03.